The van der Waals surface area contributed by atoms with Crippen LogP contribution in [0.4, 0.5) is 5.69 Å². The van der Waals surface area contributed by atoms with Crippen LogP contribution in [0.25, 0.3) is 0 Å². The van der Waals surface area contributed by atoms with Gasteiger partial charge in [-0.25, -0.2) is 0 Å². The SMILES string of the molecule is COc1cc(NCCCl)cc(OC)c1. The van der Waals surface area contributed by atoms with E-state index in [1.54, 1.807) is 14.2 Å². The average Bonchev–Trinajstić information content (AvgIpc) is 2.25. The molecule has 14 heavy (non-hydrogen) atoms. The molecule has 1 aromatic carbocycles. The Morgan fingerprint density at radius 3 is 2.14 bits per heavy atom. The summed E-state index contributed by atoms with van der Waals surface area (Å²) < 4.78 is 10.2. The molecule has 0 aliphatic carbocycles. The molecular weight excluding hydrogens is 202 g/mol. The van der Waals surface area contributed by atoms with E-state index in [0.717, 1.165) is 23.7 Å². The highest BCUT2D eigenvalue weighted by atomic mass is 35.5. The zero-order chi connectivity index (χ0) is 10.4. The van der Waals surface area contributed by atoms with E-state index < -0.39 is 0 Å². The van der Waals surface area contributed by atoms with Crippen molar-refractivity contribution < 1.29 is 9.47 Å². The summed E-state index contributed by atoms with van der Waals surface area (Å²) in [5.41, 5.74) is 0.946. The van der Waals surface area contributed by atoms with Crippen LogP contribution >= 0.6 is 11.6 Å². The van der Waals surface area contributed by atoms with Gasteiger partial charge in [-0.15, -0.1) is 11.6 Å². The summed E-state index contributed by atoms with van der Waals surface area (Å²) in [7, 11) is 3.25. The minimum atomic E-state index is 0.569. The van der Waals surface area contributed by atoms with Gasteiger partial charge in [0.15, 0.2) is 0 Å². The van der Waals surface area contributed by atoms with Gasteiger partial charge in [0, 0.05) is 36.3 Å². The van der Waals surface area contributed by atoms with Gasteiger partial charge in [0.2, 0.25) is 0 Å². The first-order valence-electron chi connectivity index (χ1n) is 4.33. The number of hydrogen-bond donors (Lipinski definition) is 1. The van der Waals surface area contributed by atoms with Crippen LogP contribution in [0.15, 0.2) is 18.2 Å². The lowest BCUT2D eigenvalue weighted by Crippen LogP contribution is -2.02. The third kappa shape index (κ3) is 3.00. The van der Waals surface area contributed by atoms with Crippen molar-refractivity contribution in [2.75, 3.05) is 32.0 Å². The molecule has 0 aliphatic heterocycles. The Bertz CT molecular complexity index is 269. The summed E-state index contributed by atoms with van der Waals surface area (Å²) in [6.45, 7) is 0.720. The normalized spacial score (nSPS) is 9.64. The molecule has 1 N–H and O–H groups in total. The zero-order valence-electron chi connectivity index (χ0n) is 8.34. The van der Waals surface area contributed by atoms with E-state index in [1.807, 2.05) is 18.2 Å². The van der Waals surface area contributed by atoms with Gasteiger partial charge in [-0.2, -0.15) is 0 Å². The summed E-state index contributed by atoms with van der Waals surface area (Å²) in [6.07, 6.45) is 0. The van der Waals surface area contributed by atoms with E-state index in [4.69, 9.17) is 21.1 Å². The third-order valence-electron chi connectivity index (χ3n) is 1.78. The van der Waals surface area contributed by atoms with Crippen LogP contribution in [0.3, 0.4) is 0 Å². The van der Waals surface area contributed by atoms with Gasteiger partial charge in [0.1, 0.15) is 11.5 Å². The van der Waals surface area contributed by atoms with Gasteiger partial charge in [-0.3, -0.25) is 0 Å². The van der Waals surface area contributed by atoms with Gasteiger partial charge in [0.05, 0.1) is 14.2 Å². The number of anilines is 1. The standard InChI is InChI=1S/C10H14ClNO2/c1-13-9-5-8(12-4-3-11)6-10(7-9)14-2/h5-7,12H,3-4H2,1-2H3. The molecule has 0 aliphatic rings. The number of hydrogen-bond acceptors (Lipinski definition) is 3. The second-order valence-electron chi connectivity index (χ2n) is 2.72. The summed E-state index contributed by atoms with van der Waals surface area (Å²) in [6, 6.07) is 5.62. The van der Waals surface area contributed by atoms with Crippen molar-refractivity contribution in [1.29, 1.82) is 0 Å². The van der Waals surface area contributed by atoms with Crippen molar-refractivity contribution in [2.24, 2.45) is 0 Å². The molecule has 4 heteroatoms. The van der Waals surface area contributed by atoms with Crippen LogP contribution in [-0.4, -0.2) is 26.6 Å². The van der Waals surface area contributed by atoms with Gasteiger partial charge in [0.25, 0.3) is 0 Å². The second kappa shape index (κ2) is 5.60. The molecule has 0 saturated heterocycles. The van der Waals surface area contributed by atoms with Crippen LogP contribution < -0.4 is 14.8 Å². The summed E-state index contributed by atoms with van der Waals surface area (Å²) in [5, 5.41) is 3.15. The highest BCUT2D eigenvalue weighted by Gasteiger charge is 2.00. The van der Waals surface area contributed by atoms with Crippen molar-refractivity contribution in [1.82, 2.24) is 0 Å². The average molecular weight is 216 g/mol. The third-order valence-corrected chi connectivity index (χ3v) is 1.96. The molecule has 3 nitrogen and oxygen atoms in total. The Labute approximate surface area is 89.0 Å². The lowest BCUT2D eigenvalue weighted by atomic mass is 10.3. The molecule has 78 valence electrons. The molecule has 0 unspecified atom stereocenters. The Morgan fingerprint density at radius 1 is 1.14 bits per heavy atom. The first-order valence-corrected chi connectivity index (χ1v) is 4.86. The van der Waals surface area contributed by atoms with Crippen molar-refractivity contribution in [3.05, 3.63) is 18.2 Å². The number of rotatable bonds is 5. The molecule has 0 atom stereocenters. The highest BCUT2D eigenvalue weighted by molar-refractivity contribution is 6.18. The summed E-state index contributed by atoms with van der Waals surface area (Å²) in [5.74, 6) is 2.10. The first-order chi connectivity index (χ1) is 6.80. The van der Waals surface area contributed by atoms with Gasteiger partial charge < -0.3 is 14.8 Å². The fraction of sp³-hybridized carbons (Fsp3) is 0.400. The molecule has 1 aromatic rings. The first kappa shape index (κ1) is 11.0. The lowest BCUT2D eigenvalue weighted by Gasteiger charge is -2.09. The van der Waals surface area contributed by atoms with Crippen molar-refractivity contribution in [2.45, 2.75) is 0 Å². The number of halogens is 1. The fourth-order valence-electron chi connectivity index (χ4n) is 1.10. The molecule has 0 aromatic heterocycles. The van der Waals surface area contributed by atoms with Crippen LogP contribution in [0.5, 0.6) is 11.5 Å². The Kier molecular flexibility index (Phi) is 4.40. The molecule has 0 radical (unpaired) electrons. The Morgan fingerprint density at radius 2 is 1.71 bits per heavy atom. The van der Waals surface area contributed by atoms with Crippen LogP contribution in [0, 0.1) is 0 Å². The molecule has 0 saturated carbocycles. The molecule has 0 heterocycles. The molecule has 0 amide bonds. The van der Waals surface area contributed by atoms with Crippen LogP contribution in [0.1, 0.15) is 0 Å². The van der Waals surface area contributed by atoms with E-state index in [2.05, 4.69) is 5.32 Å². The zero-order valence-corrected chi connectivity index (χ0v) is 9.10. The van der Waals surface area contributed by atoms with Crippen molar-refractivity contribution >= 4 is 17.3 Å². The summed E-state index contributed by atoms with van der Waals surface area (Å²) in [4.78, 5) is 0. The maximum Gasteiger partial charge on any atom is 0.124 e. The number of ether oxygens (including phenoxy) is 2. The van der Waals surface area contributed by atoms with Crippen molar-refractivity contribution in [3.8, 4) is 11.5 Å². The largest absolute Gasteiger partial charge is 0.497 e. The molecule has 0 bridgehead atoms. The fourth-order valence-corrected chi connectivity index (χ4v) is 1.20. The Balaban J connectivity index is 2.81. The number of alkyl halides is 1. The lowest BCUT2D eigenvalue weighted by molar-refractivity contribution is 0.394. The summed E-state index contributed by atoms with van der Waals surface area (Å²) >= 11 is 5.57. The van der Waals surface area contributed by atoms with E-state index in [1.165, 1.54) is 0 Å². The quantitative estimate of drug-likeness (QED) is 0.765. The van der Waals surface area contributed by atoms with Crippen molar-refractivity contribution in [3.63, 3.8) is 0 Å². The number of benzene rings is 1. The second-order valence-corrected chi connectivity index (χ2v) is 3.10. The highest BCUT2D eigenvalue weighted by Crippen LogP contribution is 2.25. The number of methoxy groups -OCH3 is 2. The molecule has 1 rings (SSSR count). The minimum absolute atomic E-state index is 0.569. The Hall–Kier alpha value is -1.09. The van der Waals surface area contributed by atoms with Crippen LogP contribution in [-0.2, 0) is 0 Å². The smallest absolute Gasteiger partial charge is 0.124 e. The minimum Gasteiger partial charge on any atom is -0.497 e. The number of nitrogens with one attached hydrogen (secondary N) is 1. The van der Waals surface area contributed by atoms with E-state index >= 15 is 0 Å². The van der Waals surface area contributed by atoms with Gasteiger partial charge >= 0.3 is 0 Å². The molecular formula is C10H14ClNO2. The topological polar surface area (TPSA) is 30.5 Å². The predicted octanol–water partition coefficient (Wildman–Crippen LogP) is 2.35. The van der Waals surface area contributed by atoms with E-state index in [-0.39, 0.29) is 0 Å². The predicted molar refractivity (Wildman–Crippen MR) is 58.8 cm³/mol. The molecule has 0 spiro atoms. The van der Waals surface area contributed by atoms with Crippen LogP contribution in [0.2, 0.25) is 0 Å². The van der Waals surface area contributed by atoms with Gasteiger partial charge in [-0.05, 0) is 0 Å². The monoisotopic (exact) mass is 215 g/mol. The molecule has 0 fully saturated rings. The maximum atomic E-state index is 5.57. The van der Waals surface area contributed by atoms with E-state index in [9.17, 15) is 0 Å². The maximum absolute atomic E-state index is 5.57. The van der Waals surface area contributed by atoms with Gasteiger partial charge in [-0.1, -0.05) is 0 Å². The van der Waals surface area contributed by atoms with E-state index in [0.29, 0.717) is 5.88 Å².